The number of methoxy groups -OCH3 is 1. The number of benzene rings is 2. The maximum absolute atomic E-state index is 11.8. The Kier molecular flexibility index (Phi) is 6.36. The third kappa shape index (κ3) is 4.81. The average molecular weight is 404 g/mol. The Morgan fingerprint density at radius 2 is 1.85 bits per heavy atom. The number of ether oxygens (including phenoxy) is 2. The van der Waals surface area contributed by atoms with Crippen LogP contribution in [0.15, 0.2) is 59.8 Å². The fourth-order valence-corrected chi connectivity index (χ4v) is 3.40. The van der Waals surface area contributed by atoms with Crippen LogP contribution in [0.25, 0.3) is 5.69 Å². The predicted molar refractivity (Wildman–Crippen MR) is 104 cm³/mol. The standard InChI is InChI=1S/C19H18ClN3O3S/c1-13(18(24)25-2)27-19-22-21-17(23(19)15-6-4-3-5-7-15)12-26-16-10-8-14(20)9-11-16/h3-11,13H,12H2,1-2H3/t13-/m0/s1. The first-order chi connectivity index (χ1) is 13.1. The number of esters is 1. The second-order valence-corrected chi connectivity index (χ2v) is 7.34. The fourth-order valence-electron chi connectivity index (χ4n) is 2.36. The smallest absolute Gasteiger partial charge is 0.318 e. The van der Waals surface area contributed by atoms with Gasteiger partial charge in [0.15, 0.2) is 11.0 Å². The van der Waals surface area contributed by atoms with Gasteiger partial charge < -0.3 is 9.47 Å². The topological polar surface area (TPSA) is 66.2 Å². The van der Waals surface area contributed by atoms with Crippen LogP contribution < -0.4 is 4.74 Å². The minimum absolute atomic E-state index is 0.219. The number of para-hydroxylation sites is 1. The minimum atomic E-state index is -0.410. The second kappa shape index (κ2) is 8.92. The van der Waals surface area contributed by atoms with Crippen molar-refractivity contribution in [1.29, 1.82) is 0 Å². The van der Waals surface area contributed by atoms with Gasteiger partial charge in [-0.1, -0.05) is 41.6 Å². The van der Waals surface area contributed by atoms with Gasteiger partial charge in [-0.3, -0.25) is 9.36 Å². The normalized spacial score (nSPS) is 11.8. The summed E-state index contributed by atoms with van der Waals surface area (Å²) in [4.78, 5) is 11.8. The zero-order valence-electron chi connectivity index (χ0n) is 14.8. The Hall–Kier alpha value is -2.51. The van der Waals surface area contributed by atoms with E-state index in [1.165, 1.54) is 18.9 Å². The van der Waals surface area contributed by atoms with E-state index >= 15 is 0 Å². The summed E-state index contributed by atoms with van der Waals surface area (Å²) in [5, 5.41) is 9.32. The van der Waals surface area contributed by atoms with Gasteiger partial charge >= 0.3 is 5.97 Å². The van der Waals surface area contributed by atoms with Gasteiger partial charge in [0.05, 0.1) is 7.11 Å². The molecule has 0 amide bonds. The number of aromatic nitrogens is 3. The summed E-state index contributed by atoms with van der Waals surface area (Å²) in [6, 6.07) is 16.8. The van der Waals surface area contributed by atoms with Crippen LogP contribution in [0.3, 0.4) is 0 Å². The summed E-state index contributed by atoms with van der Waals surface area (Å²) in [6.45, 7) is 1.99. The lowest BCUT2D eigenvalue weighted by Crippen LogP contribution is -2.16. The average Bonchev–Trinajstić information content (AvgIpc) is 3.09. The van der Waals surface area contributed by atoms with Crippen molar-refractivity contribution < 1.29 is 14.3 Å². The molecule has 27 heavy (non-hydrogen) atoms. The van der Waals surface area contributed by atoms with Crippen LogP contribution in [0, 0.1) is 0 Å². The molecule has 0 saturated heterocycles. The fraction of sp³-hybridized carbons (Fsp3) is 0.211. The Morgan fingerprint density at radius 3 is 2.52 bits per heavy atom. The highest BCUT2D eigenvalue weighted by molar-refractivity contribution is 8.00. The number of hydrogen-bond donors (Lipinski definition) is 0. The lowest BCUT2D eigenvalue weighted by atomic mass is 10.3. The molecule has 1 atom stereocenters. The van der Waals surface area contributed by atoms with Gasteiger partial charge in [-0.15, -0.1) is 10.2 Å². The van der Waals surface area contributed by atoms with Crippen LogP contribution >= 0.6 is 23.4 Å². The Labute approximate surface area is 166 Å². The number of rotatable bonds is 7. The first-order valence-electron chi connectivity index (χ1n) is 8.21. The number of carbonyl (C=O) groups excluding carboxylic acids is 1. The van der Waals surface area contributed by atoms with Gasteiger partial charge in [0, 0.05) is 10.7 Å². The van der Waals surface area contributed by atoms with E-state index in [2.05, 4.69) is 10.2 Å². The summed E-state index contributed by atoms with van der Waals surface area (Å²) in [5.41, 5.74) is 0.886. The molecule has 0 saturated carbocycles. The van der Waals surface area contributed by atoms with E-state index < -0.39 is 5.25 Å². The molecule has 6 nitrogen and oxygen atoms in total. The van der Waals surface area contributed by atoms with Crippen molar-refractivity contribution in [2.45, 2.75) is 23.9 Å². The lowest BCUT2D eigenvalue weighted by Gasteiger charge is -2.13. The molecule has 1 heterocycles. The van der Waals surface area contributed by atoms with Crippen molar-refractivity contribution >= 4 is 29.3 Å². The highest BCUT2D eigenvalue weighted by Crippen LogP contribution is 2.27. The molecule has 0 bridgehead atoms. The van der Waals surface area contributed by atoms with E-state index in [0.29, 0.717) is 21.8 Å². The van der Waals surface area contributed by atoms with Crippen LogP contribution in [-0.2, 0) is 16.1 Å². The van der Waals surface area contributed by atoms with Crippen LogP contribution in [-0.4, -0.2) is 33.1 Å². The van der Waals surface area contributed by atoms with E-state index in [1.807, 2.05) is 34.9 Å². The summed E-state index contributed by atoms with van der Waals surface area (Å²) >= 11 is 7.18. The molecule has 8 heteroatoms. The highest BCUT2D eigenvalue weighted by Gasteiger charge is 2.21. The van der Waals surface area contributed by atoms with Crippen molar-refractivity contribution in [3.63, 3.8) is 0 Å². The van der Waals surface area contributed by atoms with Gasteiger partial charge in [0.1, 0.15) is 17.6 Å². The van der Waals surface area contributed by atoms with Crippen molar-refractivity contribution in [2.24, 2.45) is 0 Å². The monoisotopic (exact) mass is 403 g/mol. The third-order valence-corrected chi connectivity index (χ3v) is 4.98. The van der Waals surface area contributed by atoms with E-state index in [1.54, 1.807) is 31.2 Å². The summed E-state index contributed by atoms with van der Waals surface area (Å²) in [5.74, 6) is 0.983. The zero-order chi connectivity index (χ0) is 19.2. The van der Waals surface area contributed by atoms with Crippen molar-refractivity contribution in [1.82, 2.24) is 14.8 Å². The molecule has 0 N–H and O–H groups in total. The molecule has 0 aliphatic carbocycles. The van der Waals surface area contributed by atoms with Gasteiger partial charge in [0.2, 0.25) is 0 Å². The van der Waals surface area contributed by atoms with E-state index in [-0.39, 0.29) is 12.6 Å². The van der Waals surface area contributed by atoms with E-state index in [0.717, 1.165) is 5.69 Å². The molecule has 3 rings (SSSR count). The van der Waals surface area contributed by atoms with Gasteiger partial charge in [-0.25, -0.2) is 0 Å². The summed E-state index contributed by atoms with van der Waals surface area (Å²) in [7, 11) is 1.37. The van der Waals surface area contributed by atoms with Crippen LogP contribution in [0.1, 0.15) is 12.7 Å². The maximum Gasteiger partial charge on any atom is 0.318 e. The van der Waals surface area contributed by atoms with Gasteiger partial charge in [-0.2, -0.15) is 0 Å². The number of thioether (sulfide) groups is 1. The lowest BCUT2D eigenvalue weighted by molar-refractivity contribution is -0.139. The minimum Gasteiger partial charge on any atom is -0.486 e. The Bertz CT molecular complexity index is 900. The molecule has 1 aromatic heterocycles. The van der Waals surface area contributed by atoms with Crippen LogP contribution in [0.2, 0.25) is 5.02 Å². The van der Waals surface area contributed by atoms with Crippen molar-refractivity contribution in [3.05, 3.63) is 65.4 Å². The first kappa shape index (κ1) is 19.3. The molecule has 0 radical (unpaired) electrons. The van der Waals surface area contributed by atoms with Crippen molar-refractivity contribution in [2.75, 3.05) is 7.11 Å². The molecular formula is C19H18ClN3O3S. The number of hydrogen-bond acceptors (Lipinski definition) is 6. The van der Waals surface area contributed by atoms with Crippen LogP contribution in [0.4, 0.5) is 0 Å². The molecule has 2 aromatic carbocycles. The van der Waals surface area contributed by atoms with Gasteiger partial charge in [-0.05, 0) is 43.3 Å². The third-order valence-electron chi connectivity index (χ3n) is 3.71. The SMILES string of the molecule is COC(=O)[C@H](C)Sc1nnc(COc2ccc(Cl)cc2)n1-c1ccccc1. The summed E-state index contributed by atoms with van der Waals surface area (Å²) < 4.78 is 12.5. The number of halogens is 1. The predicted octanol–water partition coefficient (Wildman–Crippen LogP) is 4.15. The van der Waals surface area contributed by atoms with E-state index in [4.69, 9.17) is 21.1 Å². The number of carbonyl (C=O) groups is 1. The number of nitrogens with zero attached hydrogens (tertiary/aromatic N) is 3. The quantitative estimate of drug-likeness (QED) is 0.436. The maximum atomic E-state index is 11.8. The van der Waals surface area contributed by atoms with Gasteiger partial charge in [0.25, 0.3) is 0 Å². The van der Waals surface area contributed by atoms with E-state index in [9.17, 15) is 4.79 Å². The highest BCUT2D eigenvalue weighted by atomic mass is 35.5. The first-order valence-corrected chi connectivity index (χ1v) is 9.47. The Morgan fingerprint density at radius 1 is 1.15 bits per heavy atom. The second-order valence-electron chi connectivity index (χ2n) is 5.60. The van der Waals surface area contributed by atoms with Crippen molar-refractivity contribution in [3.8, 4) is 11.4 Å². The molecule has 0 unspecified atom stereocenters. The molecule has 0 fully saturated rings. The zero-order valence-corrected chi connectivity index (χ0v) is 16.4. The Balaban J connectivity index is 1.87. The molecule has 0 aliphatic heterocycles. The molecule has 3 aromatic rings. The molecule has 0 spiro atoms. The van der Waals surface area contributed by atoms with Crippen LogP contribution in [0.5, 0.6) is 5.75 Å². The largest absolute Gasteiger partial charge is 0.486 e. The summed E-state index contributed by atoms with van der Waals surface area (Å²) in [6.07, 6.45) is 0. The molecular weight excluding hydrogens is 386 g/mol. The molecule has 0 aliphatic rings. The molecule has 140 valence electrons.